The number of hydrogen-bond donors (Lipinski definition) is 0. The SMILES string of the molecule is CN(C(=O)c1ccc([N+](=O)[O-])cc1Cl)c1ccc(N2CCCC2)cc1. The van der Waals surface area contributed by atoms with Crippen LogP contribution in [0.1, 0.15) is 23.2 Å². The molecule has 0 N–H and O–H groups in total. The molecule has 0 spiro atoms. The van der Waals surface area contributed by atoms with E-state index < -0.39 is 4.92 Å². The minimum absolute atomic E-state index is 0.0692. The number of nitro groups is 1. The third kappa shape index (κ3) is 3.58. The van der Waals surface area contributed by atoms with Gasteiger partial charge in [-0.2, -0.15) is 0 Å². The molecule has 0 aliphatic carbocycles. The molecule has 3 rings (SSSR count). The Labute approximate surface area is 150 Å². The first-order chi connectivity index (χ1) is 12.0. The van der Waals surface area contributed by atoms with Crippen molar-refractivity contribution in [3.63, 3.8) is 0 Å². The molecule has 0 bridgehead atoms. The summed E-state index contributed by atoms with van der Waals surface area (Å²) in [4.78, 5) is 26.7. The predicted octanol–water partition coefficient (Wildman–Crippen LogP) is 4.13. The number of rotatable bonds is 4. The standard InChI is InChI=1S/C18H18ClN3O3/c1-20(13-4-6-14(7-5-13)21-10-2-3-11-21)18(23)16-9-8-15(22(24)25)12-17(16)19/h4-9,12H,2-3,10-11H2,1H3. The van der Waals surface area contributed by atoms with Crippen molar-refractivity contribution in [2.45, 2.75) is 12.8 Å². The number of nitrogens with zero attached hydrogens (tertiary/aromatic N) is 3. The largest absolute Gasteiger partial charge is 0.372 e. The minimum Gasteiger partial charge on any atom is -0.372 e. The van der Waals surface area contributed by atoms with Crippen LogP contribution in [-0.2, 0) is 0 Å². The van der Waals surface area contributed by atoms with Crippen molar-refractivity contribution in [3.8, 4) is 0 Å². The molecule has 0 unspecified atom stereocenters. The van der Waals surface area contributed by atoms with Gasteiger partial charge < -0.3 is 9.80 Å². The van der Waals surface area contributed by atoms with E-state index in [9.17, 15) is 14.9 Å². The van der Waals surface area contributed by atoms with Crippen LogP contribution in [0.15, 0.2) is 42.5 Å². The van der Waals surface area contributed by atoms with Gasteiger partial charge in [0.2, 0.25) is 0 Å². The van der Waals surface area contributed by atoms with E-state index in [0.717, 1.165) is 24.5 Å². The molecule has 6 nitrogen and oxygen atoms in total. The van der Waals surface area contributed by atoms with Crippen molar-refractivity contribution in [2.24, 2.45) is 0 Å². The summed E-state index contributed by atoms with van der Waals surface area (Å²) in [6.45, 7) is 2.12. The summed E-state index contributed by atoms with van der Waals surface area (Å²) in [7, 11) is 1.66. The summed E-state index contributed by atoms with van der Waals surface area (Å²) >= 11 is 6.05. The molecule has 1 saturated heterocycles. The molecule has 0 radical (unpaired) electrons. The van der Waals surface area contributed by atoms with Crippen LogP contribution in [0.3, 0.4) is 0 Å². The molecule has 1 fully saturated rings. The van der Waals surface area contributed by atoms with Crippen molar-refractivity contribution in [3.05, 3.63) is 63.2 Å². The predicted molar refractivity (Wildman–Crippen MR) is 98.7 cm³/mol. The molecular weight excluding hydrogens is 342 g/mol. The smallest absolute Gasteiger partial charge is 0.270 e. The number of hydrogen-bond acceptors (Lipinski definition) is 4. The number of non-ortho nitro benzene ring substituents is 1. The molecule has 130 valence electrons. The molecule has 25 heavy (non-hydrogen) atoms. The van der Waals surface area contributed by atoms with Gasteiger partial charge in [-0.3, -0.25) is 14.9 Å². The van der Waals surface area contributed by atoms with Crippen molar-refractivity contribution >= 4 is 34.6 Å². The zero-order chi connectivity index (χ0) is 18.0. The molecule has 0 saturated carbocycles. The maximum absolute atomic E-state index is 12.6. The molecule has 1 amide bonds. The van der Waals surface area contributed by atoms with E-state index in [1.165, 1.54) is 35.9 Å². The van der Waals surface area contributed by atoms with E-state index in [2.05, 4.69) is 4.90 Å². The summed E-state index contributed by atoms with van der Waals surface area (Å²) in [6, 6.07) is 11.7. The normalized spacial score (nSPS) is 13.8. The number of carbonyl (C=O) groups is 1. The molecule has 0 aromatic heterocycles. The fourth-order valence-corrected chi connectivity index (χ4v) is 3.21. The van der Waals surface area contributed by atoms with Gasteiger partial charge in [0.1, 0.15) is 0 Å². The number of carbonyl (C=O) groups excluding carboxylic acids is 1. The average Bonchev–Trinajstić information content (AvgIpc) is 3.15. The lowest BCUT2D eigenvalue weighted by atomic mass is 10.1. The van der Waals surface area contributed by atoms with Crippen LogP contribution >= 0.6 is 11.6 Å². The molecule has 7 heteroatoms. The molecule has 0 atom stereocenters. The highest BCUT2D eigenvalue weighted by Crippen LogP contribution is 2.27. The topological polar surface area (TPSA) is 66.7 Å². The van der Waals surface area contributed by atoms with Crippen molar-refractivity contribution < 1.29 is 9.72 Å². The van der Waals surface area contributed by atoms with Gasteiger partial charge in [-0.05, 0) is 43.2 Å². The van der Waals surface area contributed by atoms with Crippen LogP contribution in [0.2, 0.25) is 5.02 Å². The number of halogens is 1. The summed E-state index contributed by atoms with van der Waals surface area (Å²) in [6.07, 6.45) is 2.41. The van der Waals surface area contributed by atoms with E-state index in [0.29, 0.717) is 0 Å². The average molecular weight is 360 g/mol. The maximum Gasteiger partial charge on any atom is 0.270 e. The van der Waals surface area contributed by atoms with Crippen molar-refractivity contribution in [1.29, 1.82) is 0 Å². The Morgan fingerprint density at radius 2 is 1.80 bits per heavy atom. The first-order valence-electron chi connectivity index (χ1n) is 8.04. The zero-order valence-electron chi connectivity index (χ0n) is 13.8. The lowest BCUT2D eigenvalue weighted by Gasteiger charge is -2.21. The highest BCUT2D eigenvalue weighted by Gasteiger charge is 2.19. The Kier molecular flexibility index (Phi) is 4.90. The highest BCUT2D eigenvalue weighted by molar-refractivity contribution is 6.34. The van der Waals surface area contributed by atoms with E-state index in [-0.39, 0.29) is 22.2 Å². The second-order valence-corrected chi connectivity index (χ2v) is 6.40. The fourth-order valence-electron chi connectivity index (χ4n) is 2.95. The lowest BCUT2D eigenvalue weighted by molar-refractivity contribution is -0.384. The van der Waals surface area contributed by atoms with Crippen LogP contribution in [-0.4, -0.2) is 31.0 Å². The van der Waals surface area contributed by atoms with Gasteiger partial charge in [0, 0.05) is 43.6 Å². The van der Waals surface area contributed by atoms with Gasteiger partial charge in [-0.15, -0.1) is 0 Å². The fraction of sp³-hybridized carbons (Fsp3) is 0.278. The van der Waals surface area contributed by atoms with Crippen LogP contribution in [0, 0.1) is 10.1 Å². The molecule has 1 aliphatic rings. The third-order valence-electron chi connectivity index (χ3n) is 4.41. The van der Waals surface area contributed by atoms with E-state index in [1.807, 2.05) is 24.3 Å². The third-order valence-corrected chi connectivity index (χ3v) is 4.72. The van der Waals surface area contributed by atoms with Gasteiger partial charge in [0.15, 0.2) is 0 Å². The molecule has 1 heterocycles. The number of nitro benzene ring substituents is 1. The molecular formula is C18H18ClN3O3. The van der Waals surface area contributed by atoms with Crippen LogP contribution in [0.5, 0.6) is 0 Å². The Morgan fingerprint density at radius 3 is 2.36 bits per heavy atom. The molecule has 1 aliphatic heterocycles. The van der Waals surface area contributed by atoms with Gasteiger partial charge in [0.05, 0.1) is 15.5 Å². The van der Waals surface area contributed by atoms with Crippen molar-refractivity contribution in [2.75, 3.05) is 29.9 Å². The maximum atomic E-state index is 12.6. The quantitative estimate of drug-likeness (QED) is 0.608. The van der Waals surface area contributed by atoms with E-state index in [4.69, 9.17) is 11.6 Å². The lowest BCUT2D eigenvalue weighted by Crippen LogP contribution is -2.26. The summed E-state index contributed by atoms with van der Waals surface area (Å²) < 4.78 is 0. The van der Waals surface area contributed by atoms with Gasteiger partial charge in [-0.25, -0.2) is 0 Å². The number of benzene rings is 2. The minimum atomic E-state index is -0.541. The first-order valence-corrected chi connectivity index (χ1v) is 8.42. The van der Waals surface area contributed by atoms with E-state index in [1.54, 1.807) is 7.05 Å². The van der Waals surface area contributed by atoms with E-state index >= 15 is 0 Å². The molecule has 2 aromatic carbocycles. The second-order valence-electron chi connectivity index (χ2n) is 6.00. The van der Waals surface area contributed by atoms with Gasteiger partial charge >= 0.3 is 0 Å². The Balaban J connectivity index is 1.79. The van der Waals surface area contributed by atoms with Crippen LogP contribution in [0.25, 0.3) is 0 Å². The Bertz CT molecular complexity index is 802. The number of anilines is 2. The monoisotopic (exact) mass is 359 g/mol. The highest BCUT2D eigenvalue weighted by atomic mass is 35.5. The Hall–Kier alpha value is -2.60. The first kappa shape index (κ1) is 17.2. The van der Waals surface area contributed by atoms with Crippen LogP contribution < -0.4 is 9.80 Å². The number of amides is 1. The van der Waals surface area contributed by atoms with Crippen molar-refractivity contribution in [1.82, 2.24) is 0 Å². The zero-order valence-corrected chi connectivity index (χ0v) is 14.6. The summed E-state index contributed by atoms with van der Waals surface area (Å²) in [5, 5.41) is 10.8. The van der Waals surface area contributed by atoms with Gasteiger partial charge in [0.25, 0.3) is 11.6 Å². The summed E-state index contributed by atoms with van der Waals surface area (Å²) in [5.74, 6) is -0.311. The Morgan fingerprint density at radius 1 is 1.16 bits per heavy atom. The van der Waals surface area contributed by atoms with Crippen LogP contribution in [0.4, 0.5) is 17.1 Å². The molecule has 2 aromatic rings. The second kappa shape index (κ2) is 7.11. The summed E-state index contributed by atoms with van der Waals surface area (Å²) in [5.41, 5.74) is 1.98. The van der Waals surface area contributed by atoms with Gasteiger partial charge in [-0.1, -0.05) is 11.6 Å².